The summed E-state index contributed by atoms with van der Waals surface area (Å²) < 4.78 is 79.6. The third-order valence-corrected chi connectivity index (χ3v) is 7.38. The number of hydrogen-bond acceptors (Lipinski definition) is 5. The lowest BCUT2D eigenvalue weighted by Crippen LogP contribution is -2.38. The molecular formula is C21H14F4N2O3S2. The zero-order valence-electron chi connectivity index (χ0n) is 16.1. The summed E-state index contributed by atoms with van der Waals surface area (Å²) in [6.07, 6.45) is -3.68. The molecule has 0 fully saturated rings. The Morgan fingerprint density at radius 1 is 1.06 bits per heavy atom. The van der Waals surface area contributed by atoms with Gasteiger partial charge in [0, 0.05) is 11.9 Å². The van der Waals surface area contributed by atoms with Crippen molar-refractivity contribution in [2.45, 2.75) is 12.7 Å². The van der Waals surface area contributed by atoms with Crippen molar-refractivity contribution in [1.29, 1.82) is 0 Å². The number of fused-ring (bicyclic) bond motifs is 1. The molecule has 1 aliphatic rings. The van der Waals surface area contributed by atoms with Crippen LogP contribution in [0.15, 0.2) is 71.1 Å². The second-order valence-corrected chi connectivity index (χ2v) is 9.58. The largest absolute Gasteiger partial charge is 0.416 e. The monoisotopic (exact) mass is 482 g/mol. The lowest BCUT2D eigenvalue weighted by molar-refractivity contribution is -0.137. The van der Waals surface area contributed by atoms with Crippen molar-refractivity contribution in [3.8, 4) is 0 Å². The van der Waals surface area contributed by atoms with E-state index in [4.69, 9.17) is 0 Å². The highest BCUT2D eigenvalue weighted by molar-refractivity contribution is 7.97. The van der Waals surface area contributed by atoms with E-state index in [2.05, 4.69) is 5.32 Å². The molecule has 11 heteroatoms. The van der Waals surface area contributed by atoms with Crippen molar-refractivity contribution in [3.05, 3.63) is 92.9 Å². The van der Waals surface area contributed by atoms with Crippen molar-refractivity contribution in [1.82, 2.24) is 0 Å². The number of rotatable bonds is 4. The summed E-state index contributed by atoms with van der Waals surface area (Å²) in [6.45, 7) is -0.152. The van der Waals surface area contributed by atoms with Crippen LogP contribution >= 0.6 is 11.3 Å². The predicted molar refractivity (Wildman–Crippen MR) is 113 cm³/mol. The van der Waals surface area contributed by atoms with E-state index in [9.17, 15) is 30.8 Å². The van der Waals surface area contributed by atoms with Crippen LogP contribution < -0.4 is 9.62 Å². The minimum absolute atomic E-state index is 0.0302. The number of alkyl halides is 3. The van der Waals surface area contributed by atoms with Crippen LogP contribution in [0.3, 0.4) is 0 Å². The fourth-order valence-electron chi connectivity index (χ4n) is 3.15. The van der Waals surface area contributed by atoms with Gasteiger partial charge in [0.25, 0.3) is 10.0 Å². The molecule has 0 unspecified atom stereocenters. The summed E-state index contributed by atoms with van der Waals surface area (Å²) in [6, 6.07) is 10.9. The van der Waals surface area contributed by atoms with Crippen LogP contribution in [0, 0.1) is 5.82 Å². The van der Waals surface area contributed by atoms with Crippen LogP contribution in [0.5, 0.6) is 0 Å². The van der Waals surface area contributed by atoms with Crippen LogP contribution in [-0.4, -0.2) is 14.2 Å². The summed E-state index contributed by atoms with van der Waals surface area (Å²) in [7, 11) is -4.34. The molecule has 32 heavy (non-hydrogen) atoms. The molecule has 0 atom stereocenters. The van der Waals surface area contributed by atoms with E-state index in [-0.39, 0.29) is 22.8 Å². The van der Waals surface area contributed by atoms with E-state index in [1.54, 1.807) is 5.38 Å². The Morgan fingerprint density at radius 2 is 1.78 bits per heavy atom. The molecule has 3 aromatic rings. The Balaban J connectivity index is 1.71. The van der Waals surface area contributed by atoms with Gasteiger partial charge in [-0.15, -0.1) is 11.3 Å². The van der Waals surface area contributed by atoms with Crippen molar-refractivity contribution in [3.63, 3.8) is 0 Å². The maximum Gasteiger partial charge on any atom is 0.416 e. The molecule has 2 aromatic carbocycles. The van der Waals surface area contributed by atoms with Gasteiger partial charge in [0.15, 0.2) is 4.91 Å². The molecule has 1 aliphatic heterocycles. The molecule has 5 nitrogen and oxygen atoms in total. The number of allylic oxidation sites excluding steroid dienone is 1. The molecule has 0 bridgehead atoms. The van der Waals surface area contributed by atoms with Gasteiger partial charge in [-0.3, -0.25) is 9.10 Å². The van der Waals surface area contributed by atoms with Crippen molar-refractivity contribution < 1.29 is 30.8 Å². The van der Waals surface area contributed by atoms with Gasteiger partial charge in [0.05, 0.1) is 17.8 Å². The second-order valence-electron chi connectivity index (χ2n) is 6.83. The first kappa shape index (κ1) is 22.0. The number of nitrogens with one attached hydrogen (secondary N) is 1. The van der Waals surface area contributed by atoms with E-state index in [1.807, 2.05) is 0 Å². The normalized spacial score (nSPS) is 16.8. The van der Waals surface area contributed by atoms with Crippen LogP contribution in [0.25, 0.3) is 0 Å². The highest BCUT2D eigenvalue weighted by atomic mass is 32.2. The number of carbonyl (C=O) groups excluding carboxylic acids is 1. The van der Waals surface area contributed by atoms with Crippen LogP contribution in [0.1, 0.15) is 20.8 Å². The highest BCUT2D eigenvalue weighted by Crippen LogP contribution is 2.39. The maximum atomic E-state index is 13.3. The van der Waals surface area contributed by atoms with E-state index >= 15 is 0 Å². The van der Waals surface area contributed by atoms with Crippen LogP contribution in [0.2, 0.25) is 0 Å². The topological polar surface area (TPSA) is 66.5 Å². The van der Waals surface area contributed by atoms with Gasteiger partial charge in [0.1, 0.15) is 10.7 Å². The van der Waals surface area contributed by atoms with E-state index < -0.39 is 38.3 Å². The summed E-state index contributed by atoms with van der Waals surface area (Å²) in [5.41, 5.74) is -0.262. The molecule has 1 aromatic heterocycles. The maximum absolute atomic E-state index is 13.3. The molecule has 0 spiro atoms. The molecule has 0 saturated carbocycles. The number of thiophene rings is 1. The Morgan fingerprint density at radius 3 is 2.47 bits per heavy atom. The Hall–Kier alpha value is -3.18. The average Bonchev–Trinajstić information content (AvgIpc) is 3.22. The minimum Gasteiger partial charge on any atom is -0.360 e. The summed E-state index contributed by atoms with van der Waals surface area (Å²) in [5.74, 6) is -1.24. The molecule has 1 N–H and O–H groups in total. The zero-order chi connectivity index (χ0) is 23.1. The fraction of sp³-hybridized carbons (Fsp3) is 0.0952. The van der Waals surface area contributed by atoms with Gasteiger partial charge in [-0.2, -0.15) is 13.2 Å². The highest BCUT2D eigenvalue weighted by Gasteiger charge is 2.41. The summed E-state index contributed by atoms with van der Waals surface area (Å²) in [5, 5.41) is 4.06. The standard InChI is InChI=1S/C21H14F4N2O3S2/c22-15-6-4-13(5-7-15)12-27-17-8-9-31-20(17)19(28)18(32(27,29)30)11-26-16-3-1-2-14(10-16)21(23,24)25/h1-11,26H,12H2. The van der Waals surface area contributed by atoms with Crippen LogP contribution in [-0.2, 0) is 22.7 Å². The SMILES string of the molecule is O=C1C(=CNc2cccc(C(F)(F)F)c2)S(=O)(=O)N(Cc2ccc(F)cc2)c2ccsc21. The molecule has 2 heterocycles. The van der Waals surface area contributed by atoms with Gasteiger partial charge in [-0.05, 0) is 47.3 Å². The van der Waals surface area contributed by atoms with Gasteiger partial charge >= 0.3 is 6.18 Å². The molecule has 0 radical (unpaired) electrons. The predicted octanol–water partition coefficient (Wildman–Crippen LogP) is 5.39. The third kappa shape index (κ3) is 4.13. The van der Waals surface area contributed by atoms with E-state index in [0.29, 0.717) is 5.56 Å². The Labute approximate surface area is 184 Å². The molecule has 0 amide bonds. The smallest absolute Gasteiger partial charge is 0.360 e. The van der Waals surface area contributed by atoms with Crippen LogP contribution in [0.4, 0.5) is 28.9 Å². The number of benzene rings is 2. The first-order valence-corrected chi connectivity index (χ1v) is 11.4. The van der Waals surface area contributed by atoms with Crippen molar-refractivity contribution in [2.24, 2.45) is 0 Å². The number of anilines is 2. The quantitative estimate of drug-likeness (QED) is 0.400. The van der Waals surface area contributed by atoms with E-state index in [1.165, 1.54) is 42.5 Å². The van der Waals surface area contributed by atoms with Crippen molar-refractivity contribution in [2.75, 3.05) is 9.62 Å². The van der Waals surface area contributed by atoms with Gasteiger partial charge < -0.3 is 5.32 Å². The molecule has 0 saturated heterocycles. The number of Topliss-reactive ketones (excluding diaryl/α,β-unsaturated/α-hetero) is 1. The average molecular weight is 482 g/mol. The molecule has 4 rings (SSSR count). The summed E-state index contributed by atoms with van der Waals surface area (Å²) >= 11 is 1.05. The Kier molecular flexibility index (Phi) is 5.55. The lowest BCUT2D eigenvalue weighted by atomic mass is 10.2. The first-order chi connectivity index (χ1) is 15.1. The number of ketones is 1. The molecule has 166 valence electrons. The number of halogens is 4. The lowest BCUT2D eigenvalue weighted by Gasteiger charge is -2.29. The van der Waals surface area contributed by atoms with Gasteiger partial charge in [-0.25, -0.2) is 12.8 Å². The number of sulfonamides is 1. The second kappa shape index (κ2) is 8.06. The first-order valence-electron chi connectivity index (χ1n) is 9.11. The summed E-state index contributed by atoms with van der Waals surface area (Å²) in [4.78, 5) is 12.4. The number of nitrogens with zero attached hydrogens (tertiary/aromatic N) is 1. The Bertz CT molecular complexity index is 1310. The number of hydrogen-bond donors (Lipinski definition) is 1. The number of carbonyl (C=O) groups is 1. The van der Waals surface area contributed by atoms with Crippen molar-refractivity contribution >= 4 is 38.5 Å². The fourth-order valence-corrected chi connectivity index (χ4v) is 5.63. The van der Waals surface area contributed by atoms with E-state index in [0.717, 1.165) is 34.0 Å². The third-order valence-electron chi connectivity index (χ3n) is 4.71. The van der Waals surface area contributed by atoms with Gasteiger partial charge in [-0.1, -0.05) is 18.2 Å². The minimum atomic E-state index is -4.57. The van der Waals surface area contributed by atoms with Gasteiger partial charge in [0.2, 0.25) is 5.78 Å². The molecule has 0 aliphatic carbocycles. The zero-order valence-corrected chi connectivity index (χ0v) is 17.7. The molecular weight excluding hydrogens is 468 g/mol.